The molecule has 170 valence electrons. The van der Waals surface area contributed by atoms with Gasteiger partial charge in [0.2, 0.25) is 5.88 Å². The van der Waals surface area contributed by atoms with Crippen LogP contribution in [0.15, 0.2) is 72.7 Å². The summed E-state index contributed by atoms with van der Waals surface area (Å²) in [7, 11) is 3.68. The van der Waals surface area contributed by atoms with Gasteiger partial charge in [0, 0.05) is 20.5 Å². The normalized spacial score (nSPS) is 17.1. The van der Waals surface area contributed by atoms with Crippen LogP contribution in [-0.2, 0) is 27.4 Å². The zero-order valence-corrected chi connectivity index (χ0v) is 18.4. The maximum atomic E-state index is 12.9. The van der Waals surface area contributed by atoms with Gasteiger partial charge in [-0.2, -0.15) is 0 Å². The van der Waals surface area contributed by atoms with Crippen LogP contribution in [-0.4, -0.2) is 55.3 Å². The van der Waals surface area contributed by atoms with Crippen LogP contribution in [0.1, 0.15) is 17.5 Å². The maximum Gasteiger partial charge on any atom is 0.417 e. The molecule has 0 spiro atoms. The van der Waals surface area contributed by atoms with Gasteiger partial charge in [-0.05, 0) is 11.1 Å². The SMILES string of the molecule is CN(C)C=C1OCC[C@H](NC(=O)OCc2ccccc2)CN1C(=O)OCc1ccccc1. The highest BCUT2D eigenvalue weighted by molar-refractivity contribution is 5.70. The Morgan fingerprint density at radius 3 is 2.22 bits per heavy atom. The van der Waals surface area contributed by atoms with Crippen molar-refractivity contribution in [1.82, 2.24) is 15.1 Å². The van der Waals surface area contributed by atoms with Crippen LogP contribution >= 0.6 is 0 Å². The van der Waals surface area contributed by atoms with Crippen LogP contribution in [0.25, 0.3) is 0 Å². The van der Waals surface area contributed by atoms with Crippen LogP contribution in [0.3, 0.4) is 0 Å². The molecule has 1 N–H and O–H groups in total. The Hall–Kier alpha value is -3.68. The van der Waals surface area contributed by atoms with E-state index >= 15 is 0 Å². The minimum atomic E-state index is -0.548. The molecule has 0 aliphatic carbocycles. The second-order valence-electron chi connectivity index (χ2n) is 7.62. The summed E-state index contributed by atoms with van der Waals surface area (Å²) in [4.78, 5) is 28.4. The summed E-state index contributed by atoms with van der Waals surface area (Å²) in [6.45, 7) is 0.854. The van der Waals surface area contributed by atoms with E-state index in [0.29, 0.717) is 18.9 Å². The van der Waals surface area contributed by atoms with E-state index in [1.807, 2.05) is 74.8 Å². The molecule has 1 atom stereocenters. The first-order valence-electron chi connectivity index (χ1n) is 10.5. The molecule has 2 aromatic rings. The van der Waals surface area contributed by atoms with Crippen molar-refractivity contribution >= 4 is 12.2 Å². The summed E-state index contributed by atoms with van der Waals surface area (Å²) in [5.74, 6) is 0.370. The van der Waals surface area contributed by atoms with Gasteiger partial charge < -0.3 is 24.4 Å². The Morgan fingerprint density at radius 1 is 1.03 bits per heavy atom. The van der Waals surface area contributed by atoms with Crippen molar-refractivity contribution in [3.63, 3.8) is 0 Å². The Bertz CT molecular complexity index is 902. The van der Waals surface area contributed by atoms with Crippen LogP contribution in [0.2, 0.25) is 0 Å². The van der Waals surface area contributed by atoms with Crippen LogP contribution in [0.5, 0.6) is 0 Å². The molecule has 0 aromatic heterocycles. The van der Waals surface area contributed by atoms with Gasteiger partial charge in [-0.3, -0.25) is 0 Å². The minimum Gasteiger partial charge on any atom is -0.478 e. The second kappa shape index (κ2) is 11.6. The lowest BCUT2D eigenvalue weighted by Crippen LogP contribution is -2.44. The average molecular weight is 440 g/mol. The number of amides is 2. The van der Waals surface area contributed by atoms with Gasteiger partial charge in [-0.1, -0.05) is 60.7 Å². The highest BCUT2D eigenvalue weighted by Gasteiger charge is 2.29. The van der Waals surface area contributed by atoms with Crippen LogP contribution in [0, 0.1) is 0 Å². The molecule has 2 aromatic carbocycles. The molecule has 8 nitrogen and oxygen atoms in total. The molecule has 0 bridgehead atoms. The molecule has 1 heterocycles. The molecule has 0 saturated carbocycles. The Kier molecular flexibility index (Phi) is 8.36. The predicted molar refractivity (Wildman–Crippen MR) is 119 cm³/mol. The number of carbonyl (C=O) groups is 2. The fraction of sp³-hybridized carbons (Fsp3) is 0.333. The topological polar surface area (TPSA) is 80.3 Å². The minimum absolute atomic E-state index is 0.141. The van der Waals surface area contributed by atoms with Gasteiger partial charge in [0.15, 0.2) is 0 Å². The summed E-state index contributed by atoms with van der Waals surface area (Å²) in [6.07, 6.45) is 1.14. The molecule has 8 heteroatoms. The zero-order chi connectivity index (χ0) is 22.8. The lowest BCUT2D eigenvalue weighted by Gasteiger charge is -2.25. The Morgan fingerprint density at radius 2 is 1.62 bits per heavy atom. The number of alkyl carbamates (subject to hydrolysis) is 1. The third kappa shape index (κ3) is 7.23. The summed E-state index contributed by atoms with van der Waals surface area (Å²) in [6, 6.07) is 18.5. The monoisotopic (exact) mass is 439 g/mol. The highest BCUT2D eigenvalue weighted by atomic mass is 16.6. The largest absolute Gasteiger partial charge is 0.478 e. The van der Waals surface area contributed by atoms with Crippen molar-refractivity contribution in [3.8, 4) is 0 Å². The molecule has 0 radical (unpaired) electrons. The van der Waals surface area contributed by atoms with Crippen molar-refractivity contribution < 1.29 is 23.8 Å². The van der Waals surface area contributed by atoms with Gasteiger partial charge in [-0.25, -0.2) is 14.5 Å². The number of hydrogen-bond donors (Lipinski definition) is 1. The van der Waals surface area contributed by atoms with E-state index in [4.69, 9.17) is 14.2 Å². The summed E-state index contributed by atoms with van der Waals surface area (Å²) in [5.41, 5.74) is 1.78. The van der Waals surface area contributed by atoms with E-state index in [1.165, 1.54) is 4.90 Å². The van der Waals surface area contributed by atoms with E-state index in [2.05, 4.69) is 5.32 Å². The fourth-order valence-corrected chi connectivity index (χ4v) is 3.12. The number of benzene rings is 2. The number of nitrogens with one attached hydrogen (secondary N) is 1. The van der Waals surface area contributed by atoms with Gasteiger partial charge in [-0.15, -0.1) is 0 Å². The third-order valence-electron chi connectivity index (χ3n) is 4.71. The van der Waals surface area contributed by atoms with E-state index in [9.17, 15) is 9.59 Å². The number of carbonyl (C=O) groups excluding carboxylic acids is 2. The molecular weight excluding hydrogens is 410 g/mol. The molecule has 1 saturated heterocycles. The quantitative estimate of drug-likeness (QED) is 0.739. The maximum absolute atomic E-state index is 12.9. The van der Waals surface area contributed by atoms with E-state index in [1.54, 1.807) is 11.1 Å². The zero-order valence-electron chi connectivity index (χ0n) is 18.4. The first-order chi connectivity index (χ1) is 15.5. The smallest absolute Gasteiger partial charge is 0.417 e. The Balaban J connectivity index is 1.62. The number of nitrogens with zero attached hydrogens (tertiary/aromatic N) is 2. The van der Waals surface area contributed by atoms with Crippen molar-refractivity contribution in [2.24, 2.45) is 0 Å². The summed E-state index contributed by atoms with van der Waals surface area (Å²) < 4.78 is 16.6. The molecule has 3 rings (SSSR count). The van der Waals surface area contributed by atoms with Gasteiger partial charge in [0.25, 0.3) is 0 Å². The molecule has 1 fully saturated rings. The van der Waals surface area contributed by atoms with Crippen molar-refractivity contribution in [2.75, 3.05) is 27.2 Å². The lowest BCUT2D eigenvalue weighted by molar-refractivity contribution is 0.0759. The van der Waals surface area contributed by atoms with Gasteiger partial charge in [0.1, 0.15) is 13.2 Å². The average Bonchev–Trinajstić information content (AvgIpc) is 2.99. The van der Waals surface area contributed by atoms with Crippen molar-refractivity contribution in [3.05, 3.63) is 83.9 Å². The number of rotatable bonds is 6. The molecule has 1 aliphatic rings. The van der Waals surface area contributed by atoms with Gasteiger partial charge >= 0.3 is 12.2 Å². The Labute approximate surface area is 188 Å². The summed E-state index contributed by atoms with van der Waals surface area (Å²) in [5, 5.41) is 2.83. The standard InChI is InChI=1S/C24H29N3O5/c1-26(2)16-22-27(24(29)32-18-20-11-7-4-8-12-20)15-21(13-14-30-22)25-23(28)31-17-19-9-5-3-6-10-19/h3-12,16,21H,13-15,17-18H2,1-2H3,(H,25,28)/t21-/m0/s1. The van der Waals surface area contributed by atoms with E-state index in [-0.39, 0.29) is 25.8 Å². The predicted octanol–water partition coefficient (Wildman–Crippen LogP) is 3.70. The fourth-order valence-electron chi connectivity index (χ4n) is 3.12. The lowest BCUT2D eigenvalue weighted by atomic mass is 10.2. The summed E-state index contributed by atoms with van der Waals surface area (Å²) >= 11 is 0. The second-order valence-corrected chi connectivity index (χ2v) is 7.62. The molecule has 0 unspecified atom stereocenters. The first-order valence-corrected chi connectivity index (χ1v) is 10.5. The highest BCUT2D eigenvalue weighted by Crippen LogP contribution is 2.17. The third-order valence-corrected chi connectivity index (χ3v) is 4.71. The first kappa shape index (κ1) is 23.0. The van der Waals surface area contributed by atoms with Crippen LogP contribution < -0.4 is 5.32 Å². The van der Waals surface area contributed by atoms with E-state index < -0.39 is 12.2 Å². The molecule has 2 amide bonds. The number of ether oxygens (including phenoxy) is 3. The van der Waals surface area contributed by atoms with Crippen molar-refractivity contribution in [2.45, 2.75) is 25.7 Å². The molecular formula is C24H29N3O5. The van der Waals surface area contributed by atoms with Gasteiger partial charge in [0.05, 0.1) is 25.4 Å². The molecule has 32 heavy (non-hydrogen) atoms. The van der Waals surface area contributed by atoms with Crippen molar-refractivity contribution in [1.29, 1.82) is 0 Å². The molecule has 1 aliphatic heterocycles. The van der Waals surface area contributed by atoms with Crippen LogP contribution in [0.4, 0.5) is 9.59 Å². The number of hydrogen-bond acceptors (Lipinski definition) is 6. The van der Waals surface area contributed by atoms with E-state index in [0.717, 1.165) is 11.1 Å².